The molecule has 0 heterocycles. The van der Waals surface area contributed by atoms with Gasteiger partial charge in [0.2, 0.25) is 0 Å². The second-order valence-corrected chi connectivity index (χ2v) is 5.19. The predicted molar refractivity (Wildman–Crippen MR) is 61.5 cm³/mol. The summed E-state index contributed by atoms with van der Waals surface area (Å²) in [5.74, 6) is 1.24. The average molecular weight is 223 g/mol. The SMILES string of the molecule is CC1CCC(C(C)C)C(OC(=O)CC#N)C1. The van der Waals surface area contributed by atoms with Crippen molar-refractivity contribution in [3.8, 4) is 6.07 Å². The van der Waals surface area contributed by atoms with Gasteiger partial charge in [0.05, 0.1) is 6.07 Å². The van der Waals surface area contributed by atoms with Crippen LogP contribution in [0.25, 0.3) is 0 Å². The van der Waals surface area contributed by atoms with Gasteiger partial charge in [-0.2, -0.15) is 5.26 Å². The molecule has 1 aliphatic rings. The highest BCUT2D eigenvalue weighted by atomic mass is 16.5. The zero-order valence-corrected chi connectivity index (χ0v) is 10.4. The Morgan fingerprint density at radius 3 is 2.75 bits per heavy atom. The normalized spacial score (nSPS) is 29.8. The van der Waals surface area contributed by atoms with Crippen LogP contribution in [0, 0.1) is 29.1 Å². The van der Waals surface area contributed by atoms with E-state index < -0.39 is 0 Å². The van der Waals surface area contributed by atoms with Gasteiger partial charge in [0.15, 0.2) is 0 Å². The molecule has 0 radical (unpaired) electrons. The number of carbonyl (C=O) groups excluding carboxylic acids is 1. The minimum Gasteiger partial charge on any atom is -0.461 e. The second-order valence-electron chi connectivity index (χ2n) is 5.19. The van der Waals surface area contributed by atoms with Crippen LogP contribution < -0.4 is 0 Å². The number of rotatable bonds is 3. The van der Waals surface area contributed by atoms with Gasteiger partial charge < -0.3 is 4.74 Å². The Labute approximate surface area is 97.8 Å². The van der Waals surface area contributed by atoms with Crippen molar-refractivity contribution in [2.75, 3.05) is 0 Å². The lowest BCUT2D eigenvalue weighted by atomic mass is 9.75. The summed E-state index contributed by atoms with van der Waals surface area (Å²) < 4.78 is 5.41. The third kappa shape index (κ3) is 3.52. The molecule has 1 aliphatic carbocycles. The molecule has 0 spiro atoms. The van der Waals surface area contributed by atoms with Gasteiger partial charge in [0.1, 0.15) is 12.5 Å². The fourth-order valence-electron chi connectivity index (χ4n) is 2.53. The lowest BCUT2D eigenvalue weighted by molar-refractivity contribution is -0.154. The van der Waals surface area contributed by atoms with Crippen LogP contribution in [-0.4, -0.2) is 12.1 Å². The van der Waals surface area contributed by atoms with Gasteiger partial charge in [-0.3, -0.25) is 4.79 Å². The molecular weight excluding hydrogens is 202 g/mol. The minimum atomic E-state index is -0.368. The molecule has 16 heavy (non-hydrogen) atoms. The van der Waals surface area contributed by atoms with E-state index in [1.165, 1.54) is 6.42 Å². The number of esters is 1. The lowest BCUT2D eigenvalue weighted by Crippen LogP contribution is -2.35. The third-order valence-electron chi connectivity index (χ3n) is 3.47. The highest BCUT2D eigenvalue weighted by Gasteiger charge is 2.33. The van der Waals surface area contributed by atoms with Gasteiger partial charge in [-0.15, -0.1) is 0 Å². The topological polar surface area (TPSA) is 50.1 Å². The van der Waals surface area contributed by atoms with E-state index in [1.54, 1.807) is 0 Å². The van der Waals surface area contributed by atoms with Gasteiger partial charge in [0, 0.05) is 0 Å². The van der Waals surface area contributed by atoms with Crippen LogP contribution >= 0.6 is 0 Å². The summed E-state index contributed by atoms with van der Waals surface area (Å²) in [5.41, 5.74) is 0. The number of hydrogen-bond donors (Lipinski definition) is 0. The van der Waals surface area contributed by atoms with Crippen LogP contribution in [0.4, 0.5) is 0 Å². The van der Waals surface area contributed by atoms with E-state index in [2.05, 4.69) is 20.8 Å². The van der Waals surface area contributed by atoms with Crippen LogP contribution in [0.1, 0.15) is 46.5 Å². The second kappa shape index (κ2) is 5.89. The van der Waals surface area contributed by atoms with E-state index in [-0.39, 0.29) is 18.5 Å². The molecule has 3 unspecified atom stereocenters. The number of nitrogens with zero attached hydrogens (tertiary/aromatic N) is 1. The molecule has 1 rings (SSSR count). The van der Waals surface area contributed by atoms with E-state index in [4.69, 9.17) is 10.00 Å². The number of hydrogen-bond acceptors (Lipinski definition) is 3. The zero-order valence-electron chi connectivity index (χ0n) is 10.4. The standard InChI is InChI=1S/C13H21NO2/c1-9(2)11-5-4-10(3)8-12(11)16-13(15)6-7-14/h9-12H,4-6,8H2,1-3H3. The highest BCUT2D eigenvalue weighted by molar-refractivity contribution is 5.71. The van der Waals surface area contributed by atoms with E-state index in [1.807, 2.05) is 6.07 Å². The number of nitriles is 1. The van der Waals surface area contributed by atoms with E-state index in [0.717, 1.165) is 12.8 Å². The first kappa shape index (κ1) is 13.0. The molecule has 90 valence electrons. The summed E-state index contributed by atoms with van der Waals surface area (Å²) in [7, 11) is 0. The monoisotopic (exact) mass is 223 g/mol. The number of carbonyl (C=O) groups is 1. The smallest absolute Gasteiger partial charge is 0.320 e. The molecule has 0 aromatic heterocycles. The molecule has 1 saturated carbocycles. The Balaban J connectivity index is 2.58. The van der Waals surface area contributed by atoms with Gasteiger partial charge >= 0.3 is 5.97 Å². The van der Waals surface area contributed by atoms with Crippen LogP contribution in [0.2, 0.25) is 0 Å². The summed E-state index contributed by atoms with van der Waals surface area (Å²) in [5, 5.41) is 8.44. The molecule has 0 amide bonds. The Morgan fingerprint density at radius 2 is 2.19 bits per heavy atom. The first-order valence-corrected chi connectivity index (χ1v) is 6.11. The molecule has 0 aliphatic heterocycles. The van der Waals surface area contributed by atoms with Gasteiger partial charge in [-0.1, -0.05) is 27.2 Å². The van der Waals surface area contributed by atoms with E-state index in [9.17, 15) is 4.79 Å². The largest absolute Gasteiger partial charge is 0.461 e. The van der Waals surface area contributed by atoms with Gasteiger partial charge in [0.25, 0.3) is 0 Å². The fraction of sp³-hybridized carbons (Fsp3) is 0.846. The van der Waals surface area contributed by atoms with Crippen molar-refractivity contribution in [2.45, 2.75) is 52.6 Å². The maximum atomic E-state index is 11.3. The Bertz CT molecular complexity index is 280. The Hall–Kier alpha value is -1.04. The van der Waals surface area contributed by atoms with E-state index in [0.29, 0.717) is 17.8 Å². The summed E-state index contributed by atoms with van der Waals surface area (Å²) in [6, 6.07) is 1.84. The minimum absolute atomic E-state index is 0.0181. The van der Waals surface area contributed by atoms with Crippen molar-refractivity contribution in [1.29, 1.82) is 5.26 Å². The molecule has 1 fully saturated rings. The summed E-state index contributed by atoms with van der Waals surface area (Å²) >= 11 is 0. The van der Waals surface area contributed by atoms with Crippen molar-refractivity contribution < 1.29 is 9.53 Å². The first-order chi connectivity index (χ1) is 7.54. The van der Waals surface area contributed by atoms with Crippen molar-refractivity contribution in [2.24, 2.45) is 17.8 Å². The Kier molecular flexibility index (Phi) is 4.79. The Morgan fingerprint density at radius 1 is 1.50 bits per heavy atom. The van der Waals surface area contributed by atoms with Crippen LogP contribution in [-0.2, 0) is 9.53 Å². The molecule has 0 bridgehead atoms. The maximum absolute atomic E-state index is 11.3. The molecule has 3 atom stereocenters. The maximum Gasteiger partial charge on any atom is 0.320 e. The van der Waals surface area contributed by atoms with Crippen molar-refractivity contribution in [3.63, 3.8) is 0 Å². The third-order valence-corrected chi connectivity index (χ3v) is 3.47. The molecule has 0 saturated heterocycles. The molecule has 3 heteroatoms. The number of ether oxygens (including phenoxy) is 1. The summed E-state index contributed by atoms with van der Waals surface area (Å²) in [4.78, 5) is 11.3. The molecular formula is C13H21NO2. The molecule has 0 aromatic carbocycles. The molecule has 3 nitrogen and oxygen atoms in total. The zero-order chi connectivity index (χ0) is 12.1. The summed E-state index contributed by atoms with van der Waals surface area (Å²) in [6.45, 7) is 6.54. The van der Waals surface area contributed by atoms with Crippen molar-refractivity contribution in [3.05, 3.63) is 0 Å². The lowest BCUT2D eigenvalue weighted by Gasteiger charge is -2.36. The van der Waals surface area contributed by atoms with Crippen molar-refractivity contribution >= 4 is 5.97 Å². The quantitative estimate of drug-likeness (QED) is 0.691. The van der Waals surface area contributed by atoms with E-state index >= 15 is 0 Å². The van der Waals surface area contributed by atoms with Gasteiger partial charge in [-0.05, 0) is 30.6 Å². The summed E-state index contributed by atoms with van der Waals surface area (Å²) in [6.07, 6.45) is 3.18. The van der Waals surface area contributed by atoms with Crippen LogP contribution in [0.3, 0.4) is 0 Å². The highest BCUT2D eigenvalue weighted by Crippen LogP contribution is 2.35. The molecule has 0 aromatic rings. The fourth-order valence-corrected chi connectivity index (χ4v) is 2.53. The molecule has 0 N–H and O–H groups in total. The average Bonchev–Trinajstić information content (AvgIpc) is 2.17. The van der Waals surface area contributed by atoms with Gasteiger partial charge in [-0.25, -0.2) is 0 Å². The van der Waals surface area contributed by atoms with Crippen LogP contribution in [0.15, 0.2) is 0 Å². The predicted octanol–water partition coefficient (Wildman–Crippen LogP) is 2.90. The first-order valence-electron chi connectivity index (χ1n) is 6.11. The van der Waals surface area contributed by atoms with Crippen molar-refractivity contribution in [1.82, 2.24) is 0 Å². The van der Waals surface area contributed by atoms with Crippen LogP contribution in [0.5, 0.6) is 0 Å².